The molecule has 1 unspecified atom stereocenters. The Bertz CT molecular complexity index is 282. The van der Waals surface area contributed by atoms with E-state index in [1.807, 2.05) is 0 Å². The lowest BCUT2D eigenvalue weighted by Gasteiger charge is -2.24. The monoisotopic (exact) mass is 270 g/mol. The van der Waals surface area contributed by atoms with Crippen LogP contribution in [0, 0.1) is 0 Å². The Balaban J connectivity index is 2.74. The Hall–Kier alpha value is -0.380. The summed E-state index contributed by atoms with van der Waals surface area (Å²) >= 11 is 3.45. The molecule has 0 fully saturated rings. The molecule has 0 heterocycles. The van der Waals surface area contributed by atoms with E-state index in [2.05, 4.69) is 59.2 Å². The normalized spacial score (nSPS) is 13.1. The van der Waals surface area contributed by atoms with Crippen molar-refractivity contribution in [3.63, 3.8) is 0 Å². The molecule has 0 bridgehead atoms. The molecular formula is C12H19BrN2. The van der Waals surface area contributed by atoms with E-state index in [1.54, 1.807) is 0 Å². The molecule has 0 aliphatic rings. The van der Waals surface area contributed by atoms with E-state index in [0.717, 1.165) is 23.9 Å². The summed E-state index contributed by atoms with van der Waals surface area (Å²) in [5, 5.41) is 0. The standard InChI is InChI=1S/C12H19BrN2/c1-15(2)12(4-3-9-14)10-5-7-11(13)8-6-10/h5-8,12H,3-4,9,14H2,1-2H3. The van der Waals surface area contributed by atoms with Gasteiger partial charge in [0, 0.05) is 10.5 Å². The van der Waals surface area contributed by atoms with Gasteiger partial charge >= 0.3 is 0 Å². The number of hydrogen-bond acceptors (Lipinski definition) is 2. The fourth-order valence-corrected chi connectivity index (χ4v) is 1.98. The third-order valence-electron chi connectivity index (χ3n) is 2.56. The smallest absolute Gasteiger partial charge is 0.0342 e. The third kappa shape index (κ3) is 3.93. The van der Waals surface area contributed by atoms with Crippen molar-refractivity contribution in [2.24, 2.45) is 5.73 Å². The molecule has 0 spiro atoms. The van der Waals surface area contributed by atoms with Crippen LogP contribution in [0.25, 0.3) is 0 Å². The molecule has 1 aromatic rings. The lowest BCUT2D eigenvalue weighted by Crippen LogP contribution is -2.20. The zero-order valence-electron chi connectivity index (χ0n) is 9.41. The highest BCUT2D eigenvalue weighted by atomic mass is 79.9. The topological polar surface area (TPSA) is 29.3 Å². The second kappa shape index (κ2) is 6.26. The Morgan fingerprint density at radius 3 is 2.33 bits per heavy atom. The Morgan fingerprint density at radius 1 is 1.27 bits per heavy atom. The number of rotatable bonds is 5. The average Bonchev–Trinajstić information content (AvgIpc) is 2.21. The Morgan fingerprint density at radius 2 is 1.87 bits per heavy atom. The van der Waals surface area contributed by atoms with Crippen LogP contribution in [-0.2, 0) is 0 Å². The maximum atomic E-state index is 5.55. The lowest BCUT2D eigenvalue weighted by molar-refractivity contribution is 0.280. The minimum atomic E-state index is 0.474. The molecule has 0 aliphatic heterocycles. The predicted octanol–water partition coefficient (Wildman–Crippen LogP) is 2.79. The zero-order chi connectivity index (χ0) is 11.3. The number of nitrogens with zero attached hydrogens (tertiary/aromatic N) is 1. The van der Waals surface area contributed by atoms with E-state index in [-0.39, 0.29) is 0 Å². The first kappa shape index (κ1) is 12.7. The van der Waals surface area contributed by atoms with Crippen LogP contribution in [0.15, 0.2) is 28.7 Å². The van der Waals surface area contributed by atoms with Gasteiger partial charge in [-0.2, -0.15) is 0 Å². The molecule has 0 saturated heterocycles. The van der Waals surface area contributed by atoms with Crippen molar-refractivity contribution >= 4 is 15.9 Å². The van der Waals surface area contributed by atoms with Gasteiger partial charge in [0.25, 0.3) is 0 Å². The summed E-state index contributed by atoms with van der Waals surface area (Å²) < 4.78 is 1.13. The van der Waals surface area contributed by atoms with Crippen molar-refractivity contribution in [3.05, 3.63) is 34.3 Å². The molecule has 15 heavy (non-hydrogen) atoms. The van der Waals surface area contributed by atoms with Crippen molar-refractivity contribution in [1.82, 2.24) is 4.90 Å². The molecule has 2 nitrogen and oxygen atoms in total. The second-order valence-corrected chi connectivity index (χ2v) is 4.88. The van der Waals surface area contributed by atoms with Gasteiger partial charge in [-0.3, -0.25) is 0 Å². The summed E-state index contributed by atoms with van der Waals surface area (Å²) in [5.41, 5.74) is 6.91. The quantitative estimate of drug-likeness (QED) is 0.892. The molecule has 0 aromatic heterocycles. The third-order valence-corrected chi connectivity index (χ3v) is 3.09. The Labute approximate surface area is 101 Å². The van der Waals surface area contributed by atoms with Crippen molar-refractivity contribution in [2.45, 2.75) is 18.9 Å². The van der Waals surface area contributed by atoms with E-state index in [9.17, 15) is 0 Å². The summed E-state index contributed by atoms with van der Waals surface area (Å²) in [6.45, 7) is 0.765. The van der Waals surface area contributed by atoms with Gasteiger partial charge in [0.1, 0.15) is 0 Å². The zero-order valence-corrected chi connectivity index (χ0v) is 11.0. The molecule has 0 radical (unpaired) electrons. The van der Waals surface area contributed by atoms with Gasteiger partial charge in [0.2, 0.25) is 0 Å². The molecule has 1 atom stereocenters. The molecule has 0 amide bonds. The van der Waals surface area contributed by atoms with Crippen LogP contribution in [-0.4, -0.2) is 25.5 Å². The average molecular weight is 271 g/mol. The van der Waals surface area contributed by atoms with Crippen LogP contribution in [0.4, 0.5) is 0 Å². The van der Waals surface area contributed by atoms with Crippen molar-refractivity contribution in [3.8, 4) is 0 Å². The molecule has 1 rings (SSSR count). The van der Waals surface area contributed by atoms with E-state index in [0.29, 0.717) is 6.04 Å². The fourth-order valence-electron chi connectivity index (χ4n) is 1.72. The highest BCUT2D eigenvalue weighted by Crippen LogP contribution is 2.24. The molecule has 0 saturated carbocycles. The largest absolute Gasteiger partial charge is 0.330 e. The highest BCUT2D eigenvalue weighted by molar-refractivity contribution is 9.10. The molecule has 84 valence electrons. The van der Waals surface area contributed by atoms with E-state index in [1.165, 1.54) is 5.56 Å². The van der Waals surface area contributed by atoms with Gasteiger partial charge in [-0.25, -0.2) is 0 Å². The van der Waals surface area contributed by atoms with Gasteiger partial charge in [-0.1, -0.05) is 28.1 Å². The number of benzene rings is 1. The minimum Gasteiger partial charge on any atom is -0.330 e. The van der Waals surface area contributed by atoms with E-state index >= 15 is 0 Å². The SMILES string of the molecule is CN(C)C(CCCN)c1ccc(Br)cc1. The summed E-state index contributed by atoms with van der Waals surface area (Å²) in [7, 11) is 4.23. The number of halogens is 1. The van der Waals surface area contributed by atoms with Gasteiger partial charge in [0.05, 0.1) is 0 Å². The van der Waals surface area contributed by atoms with E-state index in [4.69, 9.17) is 5.73 Å². The van der Waals surface area contributed by atoms with Gasteiger partial charge in [0.15, 0.2) is 0 Å². The van der Waals surface area contributed by atoms with Gasteiger partial charge in [-0.05, 0) is 51.2 Å². The van der Waals surface area contributed by atoms with Gasteiger partial charge in [-0.15, -0.1) is 0 Å². The molecule has 2 N–H and O–H groups in total. The first-order valence-electron chi connectivity index (χ1n) is 5.27. The van der Waals surface area contributed by atoms with Crippen LogP contribution in [0.2, 0.25) is 0 Å². The number of hydrogen-bond donors (Lipinski definition) is 1. The van der Waals surface area contributed by atoms with Crippen LogP contribution < -0.4 is 5.73 Å². The van der Waals surface area contributed by atoms with Crippen LogP contribution in [0.3, 0.4) is 0 Å². The first-order chi connectivity index (χ1) is 7.15. The van der Waals surface area contributed by atoms with Crippen LogP contribution in [0.1, 0.15) is 24.4 Å². The van der Waals surface area contributed by atoms with Crippen LogP contribution >= 0.6 is 15.9 Å². The fraction of sp³-hybridized carbons (Fsp3) is 0.500. The maximum Gasteiger partial charge on any atom is 0.0342 e. The summed E-state index contributed by atoms with van der Waals surface area (Å²) in [6.07, 6.45) is 2.18. The number of nitrogens with two attached hydrogens (primary N) is 1. The molecule has 3 heteroatoms. The summed E-state index contributed by atoms with van der Waals surface area (Å²) in [6, 6.07) is 9.00. The van der Waals surface area contributed by atoms with Crippen molar-refractivity contribution < 1.29 is 0 Å². The Kier molecular flexibility index (Phi) is 5.29. The predicted molar refractivity (Wildman–Crippen MR) is 68.9 cm³/mol. The van der Waals surface area contributed by atoms with Crippen molar-refractivity contribution in [1.29, 1.82) is 0 Å². The van der Waals surface area contributed by atoms with E-state index < -0.39 is 0 Å². The second-order valence-electron chi connectivity index (χ2n) is 3.96. The first-order valence-corrected chi connectivity index (χ1v) is 6.06. The molecular weight excluding hydrogens is 252 g/mol. The molecule has 1 aromatic carbocycles. The maximum absolute atomic E-state index is 5.55. The summed E-state index contributed by atoms with van der Waals surface area (Å²) in [4.78, 5) is 2.25. The minimum absolute atomic E-state index is 0.474. The summed E-state index contributed by atoms with van der Waals surface area (Å²) in [5.74, 6) is 0. The van der Waals surface area contributed by atoms with Crippen molar-refractivity contribution in [2.75, 3.05) is 20.6 Å². The molecule has 0 aliphatic carbocycles. The lowest BCUT2D eigenvalue weighted by atomic mass is 10.0. The van der Waals surface area contributed by atoms with Gasteiger partial charge < -0.3 is 10.6 Å². The van der Waals surface area contributed by atoms with Crippen LogP contribution in [0.5, 0.6) is 0 Å². The highest BCUT2D eigenvalue weighted by Gasteiger charge is 2.12.